The monoisotopic (exact) mass is 288 g/mol. The minimum absolute atomic E-state index is 0.0357. The number of aliphatic hydroxyl groups excluding tert-OH is 2. The highest BCUT2D eigenvalue weighted by atomic mass is 28.4. The van der Waals surface area contributed by atoms with Crippen molar-refractivity contribution in [3.05, 3.63) is 12.7 Å². The van der Waals surface area contributed by atoms with Gasteiger partial charge in [0.05, 0.1) is 12.2 Å². The highest BCUT2D eigenvalue weighted by molar-refractivity contribution is 6.74. The average Bonchev–Trinajstić information content (AvgIpc) is 2.24. The lowest BCUT2D eigenvalue weighted by atomic mass is 9.99. The van der Waals surface area contributed by atoms with Crippen LogP contribution >= 0.6 is 0 Å². The number of rotatable bonds is 8. The van der Waals surface area contributed by atoms with Crippen molar-refractivity contribution in [3.8, 4) is 0 Å². The second-order valence-electron chi connectivity index (χ2n) is 7.03. The molecule has 0 aliphatic rings. The van der Waals surface area contributed by atoms with Gasteiger partial charge in [0.2, 0.25) is 0 Å². The van der Waals surface area contributed by atoms with Crippen molar-refractivity contribution in [2.45, 2.75) is 70.9 Å². The molecular weight excluding hydrogens is 256 g/mol. The van der Waals surface area contributed by atoms with Crippen LogP contribution in [0.1, 0.15) is 40.5 Å². The Bertz CT molecular complexity index is 271. The van der Waals surface area contributed by atoms with Crippen LogP contribution in [0.5, 0.6) is 0 Å². The van der Waals surface area contributed by atoms with Gasteiger partial charge in [0.25, 0.3) is 0 Å². The molecule has 4 heteroatoms. The Morgan fingerprint density at radius 1 is 1.26 bits per heavy atom. The molecule has 0 radical (unpaired) electrons. The molecule has 0 saturated heterocycles. The summed E-state index contributed by atoms with van der Waals surface area (Å²) < 4.78 is 6.10. The van der Waals surface area contributed by atoms with Crippen LogP contribution in [0.25, 0.3) is 0 Å². The Morgan fingerprint density at radius 3 is 2.21 bits per heavy atom. The Kier molecular flexibility index (Phi) is 7.51. The maximum absolute atomic E-state index is 10.1. The fourth-order valence-corrected chi connectivity index (χ4v) is 2.58. The zero-order valence-corrected chi connectivity index (χ0v) is 14.4. The fraction of sp³-hybridized carbons (Fsp3) is 0.867. The van der Waals surface area contributed by atoms with Crippen molar-refractivity contribution in [2.75, 3.05) is 6.61 Å². The predicted molar refractivity (Wildman–Crippen MR) is 83.8 cm³/mol. The molecule has 0 spiro atoms. The van der Waals surface area contributed by atoms with Gasteiger partial charge < -0.3 is 14.6 Å². The zero-order chi connectivity index (χ0) is 15.3. The Labute approximate surface area is 119 Å². The first kappa shape index (κ1) is 18.8. The second kappa shape index (κ2) is 7.57. The number of hydrogen-bond acceptors (Lipinski definition) is 3. The molecule has 0 saturated carbocycles. The van der Waals surface area contributed by atoms with E-state index in [9.17, 15) is 10.2 Å². The van der Waals surface area contributed by atoms with Gasteiger partial charge in [-0.15, -0.1) is 6.58 Å². The van der Waals surface area contributed by atoms with Gasteiger partial charge in [0, 0.05) is 12.5 Å². The maximum atomic E-state index is 10.1. The van der Waals surface area contributed by atoms with Gasteiger partial charge in [0.1, 0.15) is 0 Å². The molecule has 2 N–H and O–H groups in total. The first-order valence-corrected chi connectivity index (χ1v) is 10.0. The van der Waals surface area contributed by atoms with E-state index in [4.69, 9.17) is 4.43 Å². The summed E-state index contributed by atoms with van der Waals surface area (Å²) in [5.41, 5.74) is 0. The van der Waals surface area contributed by atoms with Gasteiger partial charge in [0.15, 0.2) is 8.32 Å². The van der Waals surface area contributed by atoms with Crippen molar-refractivity contribution >= 4 is 8.32 Å². The third kappa shape index (κ3) is 6.70. The summed E-state index contributed by atoms with van der Waals surface area (Å²) in [6, 6.07) is 0. The third-order valence-electron chi connectivity index (χ3n) is 4.12. The number of aliphatic hydroxyl groups is 2. The van der Waals surface area contributed by atoms with Gasteiger partial charge in [-0.25, -0.2) is 0 Å². The van der Waals surface area contributed by atoms with Crippen molar-refractivity contribution in [2.24, 2.45) is 5.92 Å². The molecule has 19 heavy (non-hydrogen) atoms. The highest BCUT2D eigenvalue weighted by Gasteiger charge is 2.37. The van der Waals surface area contributed by atoms with Crippen LogP contribution in [0.4, 0.5) is 0 Å². The topological polar surface area (TPSA) is 49.7 Å². The minimum Gasteiger partial charge on any atom is -0.416 e. The van der Waals surface area contributed by atoms with Crippen LogP contribution in [0.3, 0.4) is 0 Å². The van der Waals surface area contributed by atoms with E-state index < -0.39 is 20.5 Å². The van der Waals surface area contributed by atoms with Crippen LogP contribution < -0.4 is 0 Å². The first-order chi connectivity index (χ1) is 8.51. The van der Waals surface area contributed by atoms with Gasteiger partial charge in [-0.1, -0.05) is 33.8 Å². The van der Waals surface area contributed by atoms with Crippen LogP contribution in [0, 0.1) is 5.92 Å². The zero-order valence-electron chi connectivity index (χ0n) is 13.4. The Balaban J connectivity index is 4.24. The molecule has 3 nitrogen and oxygen atoms in total. The first-order valence-electron chi connectivity index (χ1n) is 7.12. The van der Waals surface area contributed by atoms with Crippen LogP contribution in [-0.2, 0) is 4.43 Å². The summed E-state index contributed by atoms with van der Waals surface area (Å²) in [5.74, 6) is 0.0357. The Morgan fingerprint density at radius 2 is 1.79 bits per heavy atom. The summed E-state index contributed by atoms with van der Waals surface area (Å²) in [6.45, 7) is 17.1. The van der Waals surface area contributed by atoms with E-state index in [1.807, 2.05) is 6.92 Å². The molecule has 114 valence electrons. The highest BCUT2D eigenvalue weighted by Crippen LogP contribution is 2.36. The van der Waals surface area contributed by atoms with Crippen molar-refractivity contribution in [1.29, 1.82) is 0 Å². The molecule has 0 aliphatic carbocycles. The summed E-state index contributed by atoms with van der Waals surface area (Å²) >= 11 is 0. The summed E-state index contributed by atoms with van der Waals surface area (Å²) in [7, 11) is -1.76. The van der Waals surface area contributed by atoms with Crippen LogP contribution in [-0.4, -0.2) is 37.3 Å². The molecule has 0 fully saturated rings. The van der Waals surface area contributed by atoms with E-state index in [-0.39, 0.29) is 11.0 Å². The van der Waals surface area contributed by atoms with E-state index in [1.54, 1.807) is 6.08 Å². The molecular formula is C15H32O3Si. The summed E-state index contributed by atoms with van der Waals surface area (Å²) in [5, 5.41) is 19.9. The third-order valence-corrected chi connectivity index (χ3v) is 8.62. The van der Waals surface area contributed by atoms with Crippen LogP contribution in [0.15, 0.2) is 12.7 Å². The van der Waals surface area contributed by atoms with E-state index in [1.165, 1.54) is 0 Å². The molecule has 3 atom stereocenters. The normalized spacial score (nSPS) is 17.9. The quantitative estimate of drug-likeness (QED) is 0.532. The lowest BCUT2D eigenvalue weighted by molar-refractivity contribution is 0.0321. The van der Waals surface area contributed by atoms with E-state index in [2.05, 4.69) is 40.4 Å². The average molecular weight is 289 g/mol. The van der Waals surface area contributed by atoms with Gasteiger partial charge in [-0.05, 0) is 31.0 Å². The lowest BCUT2D eigenvalue weighted by Gasteiger charge is -2.37. The predicted octanol–water partition coefficient (Wildman–Crippen LogP) is 3.33. The largest absolute Gasteiger partial charge is 0.416 e. The smallest absolute Gasteiger partial charge is 0.191 e. The minimum atomic E-state index is -1.76. The van der Waals surface area contributed by atoms with Gasteiger partial charge in [-0.2, -0.15) is 0 Å². The second-order valence-corrected chi connectivity index (χ2v) is 11.8. The van der Waals surface area contributed by atoms with E-state index >= 15 is 0 Å². The van der Waals surface area contributed by atoms with Crippen molar-refractivity contribution < 1.29 is 14.6 Å². The summed E-state index contributed by atoms with van der Waals surface area (Å²) in [6.07, 6.45) is 1.54. The Hall–Kier alpha value is -0.163. The van der Waals surface area contributed by atoms with Gasteiger partial charge in [-0.3, -0.25) is 0 Å². The lowest BCUT2D eigenvalue weighted by Crippen LogP contribution is -2.43. The fourth-order valence-electron chi connectivity index (χ4n) is 1.47. The molecule has 0 amide bonds. The molecule has 0 bridgehead atoms. The molecule has 0 aromatic rings. The molecule has 0 aromatic heterocycles. The number of hydrogen-bond donors (Lipinski definition) is 2. The van der Waals surface area contributed by atoms with Crippen LogP contribution in [0.2, 0.25) is 18.1 Å². The van der Waals surface area contributed by atoms with E-state index in [0.29, 0.717) is 19.4 Å². The molecule has 0 rings (SSSR count). The van der Waals surface area contributed by atoms with Gasteiger partial charge >= 0.3 is 0 Å². The summed E-state index contributed by atoms with van der Waals surface area (Å²) in [4.78, 5) is 0. The molecule has 0 aromatic carbocycles. The standard InChI is InChI=1S/C15H32O3Si/c1-8-9-13(16)10-14(17)12(2)11-18-19(6,7)15(3,4)5/h8,12-14,16-17H,1,9-11H2,2-7H3/t12-,13+,14+/m1/s1. The van der Waals surface area contributed by atoms with E-state index in [0.717, 1.165) is 0 Å². The maximum Gasteiger partial charge on any atom is 0.191 e. The van der Waals surface area contributed by atoms with Crippen molar-refractivity contribution in [3.63, 3.8) is 0 Å². The molecule has 0 heterocycles. The SMILES string of the molecule is C=CC[C@H](O)C[C@H](O)[C@H](C)CO[Si](C)(C)C(C)(C)C. The van der Waals surface area contributed by atoms with Crippen molar-refractivity contribution in [1.82, 2.24) is 0 Å². The molecule has 0 unspecified atom stereocenters. The molecule has 0 aliphatic heterocycles.